The van der Waals surface area contributed by atoms with E-state index >= 15 is 0 Å². The number of Topliss-reactive ketones (excluding diaryl/α,β-unsaturated/α-hetero) is 1. The van der Waals surface area contributed by atoms with Gasteiger partial charge >= 0.3 is 0 Å². The summed E-state index contributed by atoms with van der Waals surface area (Å²) in [6, 6.07) is 0. The molecular formula is C37H60O13. The Kier molecular flexibility index (Phi) is 11.6. The Bertz CT molecular complexity index is 1230. The van der Waals surface area contributed by atoms with E-state index in [0.717, 1.165) is 19.3 Å². The van der Waals surface area contributed by atoms with E-state index in [9.17, 15) is 45.6 Å². The molecule has 6 rings (SSSR count). The monoisotopic (exact) mass is 712 g/mol. The highest BCUT2D eigenvalue weighted by Crippen LogP contribution is 2.64. The van der Waals surface area contributed by atoms with Crippen LogP contribution in [-0.4, -0.2) is 133 Å². The van der Waals surface area contributed by atoms with Crippen molar-refractivity contribution < 1.29 is 64.6 Å². The van der Waals surface area contributed by atoms with E-state index in [2.05, 4.69) is 26.8 Å². The molecule has 5 fully saturated rings. The second kappa shape index (κ2) is 15.0. The number of carbonyl (C=O) groups excluding carboxylic acids is 1. The van der Waals surface area contributed by atoms with Gasteiger partial charge in [-0.2, -0.15) is 0 Å². The van der Waals surface area contributed by atoms with Gasteiger partial charge in [0.1, 0.15) is 54.1 Å². The van der Waals surface area contributed by atoms with Gasteiger partial charge in [0.05, 0.1) is 25.4 Å². The average Bonchev–Trinajstić information content (AvgIpc) is 3.39. The Hall–Kier alpha value is -1.07. The maximum atomic E-state index is 13.6. The van der Waals surface area contributed by atoms with Crippen molar-refractivity contribution in [3.63, 3.8) is 0 Å². The van der Waals surface area contributed by atoms with Gasteiger partial charge in [-0.15, -0.1) is 0 Å². The molecule has 2 heterocycles. The molecule has 0 aromatic carbocycles. The third kappa shape index (κ3) is 6.77. The van der Waals surface area contributed by atoms with Crippen LogP contribution in [0.4, 0.5) is 0 Å². The van der Waals surface area contributed by atoms with Crippen molar-refractivity contribution in [3.05, 3.63) is 11.6 Å². The zero-order chi connectivity index (χ0) is 36.3. The second-order valence-electron chi connectivity index (χ2n) is 16.8. The number of allylic oxidation sites excluding steroid dienone is 1. The van der Waals surface area contributed by atoms with Crippen molar-refractivity contribution in [1.29, 1.82) is 0 Å². The highest BCUT2D eigenvalue weighted by Gasteiger charge is 2.65. The quantitative estimate of drug-likeness (QED) is 0.146. The molecule has 2 aliphatic heterocycles. The topological polar surface area (TPSA) is 216 Å². The van der Waals surface area contributed by atoms with E-state index in [0.29, 0.717) is 50.4 Å². The van der Waals surface area contributed by atoms with Crippen molar-refractivity contribution in [2.24, 2.45) is 40.9 Å². The molecular weight excluding hydrogens is 652 g/mol. The summed E-state index contributed by atoms with van der Waals surface area (Å²) in [6.45, 7) is 7.48. The zero-order valence-electron chi connectivity index (χ0n) is 29.8. The molecule has 0 bridgehead atoms. The fraction of sp³-hybridized carbons (Fsp3) is 0.919. The minimum Gasteiger partial charge on any atom is -0.394 e. The van der Waals surface area contributed by atoms with Crippen LogP contribution in [0.3, 0.4) is 0 Å². The van der Waals surface area contributed by atoms with E-state index in [1.807, 2.05) is 0 Å². The highest BCUT2D eigenvalue weighted by molar-refractivity contribution is 5.82. The summed E-state index contributed by atoms with van der Waals surface area (Å²) in [4.78, 5) is 13.6. The lowest BCUT2D eigenvalue weighted by molar-refractivity contribution is -0.313. The van der Waals surface area contributed by atoms with E-state index in [1.54, 1.807) is 6.92 Å². The Morgan fingerprint density at radius 2 is 1.62 bits per heavy atom. The Morgan fingerprint density at radius 1 is 0.920 bits per heavy atom. The fourth-order valence-electron chi connectivity index (χ4n) is 10.5. The molecule has 0 aromatic heterocycles. The molecule has 6 aliphatic rings. The molecule has 0 unspecified atom stereocenters. The maximum Gasteiger partial charge on any atom is 0.186 e. The van der Waals surface area contributed by atoms with Crippen LogP contribution in [0.15, 0.2) is 11.6 Å². The van der Waals surface area contributed by atoms with Gasteiger partial charge in [-0.25, -0.2) is 0 Å². The molecule has 50 heavy (non-hydrogen) atoms. The van der Waals surface area contributed by atoms with E-state index in [4.69, 9.17) is 18.9 Å². The van der Waals surface area contributed by atoms with Crippen molar-refractivity contribution >= 4 is 5.78 Å². The van der Waals surface area contributed by atoms with Crippen molar-refractivity contribution in [1.82, 2.24) is 0 Å². The van der Waals surface area contributed by atoms with Crippen LogP contribution in [0.2, 0.25) is 0 Å². The number of aliphatic hydroxyl groups excluding tert-OH is 7. The lowest BCUT2D eigenvalue weighted by Gasteiger charge is -2.56. The number of hydrogen-bond acceptors (Lipinski definition) is 13. The van der Waals surface area contributed by atoms with E-state index in [1.165, 1.54) is 5.57 Å². The third-order valence-electron chi connectivity index (χ3n) is 13.7. The minimum absolute atomic E-state index is 0.0198. The van der Waals surface area contributed by atoms with Crippen LogP contribution in [-0.2, 0) is 23.7 Å². The van der Waals surface area contributed by atoms with E-state index < -0.39 is 79.5 Å². The van der Waals surface area contributed by atoms with E-state index in [-0.39, 0.29) is 41.7 Å². The van der Waals surface area contributed by atoms with Gasteiger partial charge < -0.3 is 59.8 Å². The first-order valence-corrected chi connectivity index (χ1v) is 18.8. The molecule has 3 saturated carbocycles. The molecule has 4 aliphatic carbocycles. The minimum atomic E-state index is -1.51. The van der Waals surface area contributed by atoms with Crippen molar-refractivity contribution in [2.45, 2.75) is 159 Å². The lowest BCUT2D eigenvalue weighted by Crippen LogP contribution is -2.60. The number of hydrogen-bond donors (Lipinski definition) is 8. The predicted molar refractivity (Wildman–Crippen MR) is 177 cm³/mol. The molecule has 13 nitrogen and oxygen atoms in total. The Balaban J connectivity index is 1.21. The molecule has 2 saturated heterocycles. The van der Waals surface area contributed by atoms with Gasteiger partial charge in [-0.1, -0.05) is 39.3 Å². The molecule has 18 atom stereocenters. The molecule has 13 heteroatoms. The molecule has 286 valence electrons. The van der Waals surface area contributed by atoms with Gasteiger partial charge in [-0.3, -0.25) is 4.79 Å². The van der Waals surface area contributed by atoms with Gasteiger partial charge in [0.2, 0.25) is 0 Å². The summed E-state index contributed by atoms with van der Waals surface area (Å²) in [7, 11) is 0. The van der Waals surface area contributed by atoms with Crippen molar-refractivity contribution in [3.8, 4) is 0 Å². The fourth-order valence-corrected chi connectivity index (χ4v) is 10.5. The summed E-state index contributed by atoms with van der Waals surface area (Å²) < 4.78 is 23.8. The summed E-state index contributed by atoms with van der Waals surface area (Å²) in [6.07, 6.45) is -4.94. The molecule has 0 radical (unpaired) electrons. The number of fused-ring (bicyclic) bond motifs is 5. The van der Waals surface area contributed by atoms with Crippen LogP contribution in [0.25, 0.3) is 0 Å². The van der Waals surface area contributed by atoms with Gasteiger partial charge in [0.25, 0.3) is 0 Å². The smallest absolute Gasteiger partial charge is 0.186 e. The largest absolute Gasteiger partial charge is 0.394 e. The number of ketones is 1. The first-order chi connectivity index (χ1) is 23.6. The zero-order valence-corrected chi connectivity index (χ0v) is 29.8. The Labute approximate surface area is 294 Å². The maximum absolute atomic E-state index is 13.6. The average molecular weight is 713 g/mol. The normalized spacial score (nSPS) is 49.9. The van der Waals surface area contributed by atoms with Crippen LogP contribution in [0, 0.1) is 40.9 Å². The first kappa shape index (κ1) is 38.6. The predicted octanol–water partition coefficient (Wildman–Crippen LogP) is 0.551. The third-order valence-corrected chi connectivity index (χ3v) is 13.7. The summed E-state index contributed by atoms with van der Waals surface area (Å²) in [5.74, 6) is -0.0538. The first-order valence-electron chi connectivity index (χ1n) is 18.8. The summed E-state index contributed by atoms with van der Waals surface area (Å²) >= 11 is 0. The standard InChI is InChI=1S/C37H60O13/c1-17(2)5-10-25(39)18(3)37(46)24-9-8-23-21(22(24)14-28(37)50-34-32(44)29(41)26(40)16-47-34)7-6-19-13-20(11-12-36(19,23)4)48-35-33(45)31(43)30(42)27(15-38)49-35/h6,17-18,20-24,26-35,38,40-46H,5,7-16H2,1-4H3/t18-,20+,21+,22+,23+,24-,26+,27-,28+,29+,30-,31+,32-,33-,34+,35-,36+,37+/m1/s1. The SMILES string of the molecule is CC(C)CCC(=O)[C@@H](C)[C@@]1(O)[C@@H](O[C@@H]2OC[C@H](O)[C@H](O)[C@H]2O)C[C@H]2[C@@H]3CC=C4C[C@@H](O[C@@H]5O[C@H](CO)[C@@H](O)[C@H](O)[C@H]5O)CC[C@]4(C)[C@H]3CC[C@H]21. The number of aliphatic hydroxyl groups is 8. The van der Waals surface area contributed by atoms with Crippen LogP contribution in [0.5, 0.6) is 0 Å². The summed E-state index contributed by atoms with van der Waals surface area (Å²) in [5, 5.41) is 84.5. The molecule has 0 spiro atoms. The Morgan fingerprint density at radius 3 is 2.32 bits per heavy atom. The lowest BCUT2D eigenvalue weighted by atomic mass is 9.49. The molecule has 0 aromatic rings. The molecule has 0 amide bonds. The number of ether oxygens (including phenoxy) is 4. The second-order valence-corrected chi connectivity index (χ2v) is 16.8. The van der Waals surface area contributed by atoms with Crippen LogP contribution < -0.4 is 0 Å². The van der Waals surface area contributed by atoms with Crippen LogP contribution >= 0.6 is 0 Å². The van der Waals surface area contributed by atoms with Gasteiger partial charge in [0, 0.05) is 12.3 Å². The number of carbonyl (C=O) groups is 1. The highest BCUT2D eigenvalue weighted by atomic mass is 16.7. The summed E-state index contributed by atoms with van der Waals surface area (Å²) in [5.41, 5.74) is -0.375. The van der Waals surface area contributed by atoms with Gasteiger partial charge in [-0.05, 0) is 86.4 Å². The number of rotatable bonds is 10. The molecule has 8 N–H and O–H groups in total. The van der Waals surface area contributed by atoms with Gasteiger partial charge in [0.15, 0.2) is 12.6 Å². The van der Waals surface area contributed by atoms with Crippen LogP contribution in [0.1, 0.15) is 85.5 Å². The van der Waals surface area contributed by atoms with Crippen molar-refractivity contribution in [2.75, 3.05) is 13.2 Å².